The highest BCUT2D eigenvalue weighted by Crippen LogP contribution is 2.36. The van der Waals surface area contributed by atoms with Gasteiger partial charge >= 0.3 is 5.97 Å². The first-order valence-corrected chi connectivity index (χ1v) is 9.75. The second-order valence-electron chi connectivity index (χ2n) is 7.51. The standard InChI is InChI=1S/C20H34O6/c1-14(21)7-6-8-15(22)11-12-17-16(18(23)13-19(17)24)9-4-2-3-5-10-20(25)26/h2,4,14-17,19,21-22,24H,3,5-13H2,1H3,(H,25,26). The number of unbranched alkanes of at least 4 members (excludes halogenated alkanes) is 1. The molecule has 0 saturated heterocycles. The average Bonchev–Trinajstić information content (AvgIpc) is 2.81. The van der Waals surface area contributed by atoms with Gasteiger partial charge in [-0.3, -0.25) is 9.59 Å². The largest absolute Gasteiger partial charge is 0.481 e. The molecule has 5 atom stereocenters. The number of carbonyl (C=O) groups is 2. The predicted octanol–water partition coefficient (Wildman–Crippen LogP) is 2.45. The number of aliphatic carboxylic acids is 1. The van der Waals surface area contributed by atoms with Crippen molar-refractivity contribution in [1.82, 2.24) is 0 Å². The van der Waals surface area contributed by atoms with Gasteiger partial charge in [-0.1, -0.05) is 12.2 Å². The van der Waals surface area contributed by atoms with Crippen LogP contribution in [0, 0.1) is 11.8 Å². The lowest BCUT2D eigenvalue weighted by atomic mass is 9.86. The minimum atomic E-state index is -0.806. The maximum atomic E-state index is 12.1. The zero-order valence-electron chi connectivity index (χ0n) is 15.7. The van der Waals surface area contributed by atoms with Crippen LogP contribution in [0.4, 0.5) is 0 Å². The molecule has 150 valence electrons. The summed E-state index contributed by atoms with van der Waals surface area (Å²) in [6, 6.07) is 0. The molecule has 0 bridgehead atoms. The number of hydrogen-bond acceptors (Lipinski definition) is 5. The van der Waals surface area contributed by atoms with Crippen LogP contribution >= 0.6 is 0 Å². The van der Waals surface area contributed by atoms with Crippen molar-refractivity contribution in [3.63, 3.8) is 0 Å². The van der Waals surface area contributed by atoms with E-state index in [-0.39, 0.29) is 36.6 Å². The Labute approximate surface area is 155 Å². The van der Waals surface area contributed by atoms with Crippen molar-refractivity contribution in [3.05, 3.63) is 12.2 Å². The van der Waals surface area contributed by atoms with Crippen LogP contribution in [0.15, 0.2) is 12.2 Å². The highest BCUT2D eigenvalue weighted by molar-refractivity contribution is 5.84. The van der Waals surface area contributed by atoms with Crippen LogP contribution in [-0.4, -0.2) is 50.5 Å². The number of carbonyl (C=O) groups excluding carboxylic acids is 1. The molecule has 0 aromatic heterocycles. The molecule has 1 aliphatic carbocycles. The number of hydrogen-bond donors (Lipinski definition) is 4. The van der Waals surface area contributed by atoms with E-state index in [2.05, 4.69) is 0 Å². The van der Waals surface area contributed by atoms with E-state index in [1.165, 1.54) is 0 Å². The quantitative estimate of drug-likeness (QED) is 0.292. The van der Waals surface area contributed by atoms with Crippen molar-refractivity contribution in [2.45, 2.75) is 89.4 Å². The molecule has 0 aromatic rings. The minimum absolute atomic E-state index is 0.0706. The summed E-state index contributed by atoms with van der Waals surface area (Å²) < 4.78 is 0. The molecule has 6 heteroatoms. The van der Waals surface area contributed by atoms with Gasteiger partial charge in [-0.15, -0.1) is 0 Å². The van der Waals surface area contributed by atoms with E-state index < -0.39 is 18.2 Å². The van der Waals surface area contributed by atoms with E-state index in [4.69, 9.17) is 5.11 Å². The van der Waals surface area contributed by atoms with Crippen molar-refractivity contribution in [3.8, 4) is 0 Å². The van der Waals surface area contributed by atoms with Gasteiger partial charge in [-0.05, 0) is 64.2 Å². The van der Waals surface area contributed by atoms with E-state index in [1.807, 2.05) is 12.2 Å². The molecule has 6 nitrogen and oxygen atoms in total. The molecule has 1 rings (SSSR count). The lowest BCUT2D eigenvalue weighted by Crippen LogP contribution is -2.22. The Kier molecular flexibility index (Phi) is 10.7. The molecule has 1 fully saturated rings. The van der Waals surface area contributed by atoms with Gasteiger partial charge in [-0.2, -0.15) is 0 Å². The van der Waals surface area contributed by atoms with Gasteiger partial charge in [0.1, 0.15) is 5.78 Å². The van der Waals surface area contributed by atoms with Crippen molar-refractivity contribution < 1.29 is 30.0 Å². The fraction of sp³-hybridized carbons (Fsp3) is 0.800. The first-order valence-electron chi connectivity index (χ1n) is 9.75. The SMILES string of the molecule is CC(O)CCCC(O)CCC1C(O)CC(=O)C1CC=CCCCC(=O)O. The van der Waals surface area contributed by atoms with Gasteiger partial charge in [0.2, 0.25) is 0 Å². The van der Waals surface area contributed by atoms with E-state index in [0.29, 0.717) is 44.9 Å². The Morgan fingerprint density at radius 1 is 1.19 bits per heavy atom. The fourth-order valence-electron chi connectivity index (χ4n) is 3.63. The maximum Gasteiger partial charge on any atom is 0.303 e. The summed E-state index contributed by atoms with van der Waals surface area (Å²) >= 11 is 0. The topological polar surface area (TPSA) is 115 Å². The summed E-state index contributed by atoms with van der Waals surface area (Å²) in [5.74, 6) is -1.08. The highest BCUT2D eigenvalue weighted by atomic mass is 16.4. The van der Waals surface area contributed by atoms with Crippen molar-refractivity contribution in [2.24, 2.45) is 11.8 Å². The lowest BCUT2D eigenvalue weighted by molar-refractivity contribution is -0.137. The monoisotopic (exact) mass is 370 g/mol. The van der Waals surface area contributed by atoms with Crippen LogP contribution in [0.5, 0.6) is 0 Å². The van der Waals surface area contributed by atoms with Gasteiger partial charge in [-0.25, -0.2) is 0 Å². The number of allylic oxidation sites excluding steroid dienone is 2. The summed E-state index contributed by atoms with van der Waals surface area (Å²) in [6.45, 7) is 1.73. The third-order valence-corrected chi connectivity index (χ3v) is 5.15. The Balaban J connectivity index is 2.37. The summed E-state index contributed by atoms with van der Waals surface area (Å²) in [4.78, 5) is 22.6. The number of aliphatic hydroxyl groups is 3. The second kappa shape index (κ2) is 12.2. The smallest absolute Gasteiger partial charge is 0.303 e. The molecule has 0 aliphatic heterocycles. The Morgan fingerprint density at radius 3 is 2.58 bits per heavy atom. The van der Waals surface area contributed by atoms with Gasteiger partial charge in [0, 0.05) is 18.8 Å². The Bertz CT molecular complexity index is 459. The van der Waals surface area contributed by atoms with E-state index in [9.17, 15) is 24.9 Å². The number of carboxylic acid groups (broad SMARTS) is 1. The van der Waals surface area contributed by atoms with Gasteiger partial charge in [0.25, 0.3) is 0 Å². The fourth-order valence-corrected chi connectivity index (χ4v) is 3.63. The molecule has 5 unspecified atom stereocenters. The first kappa shape index (κ1) is 22.8. The van der Waals surface area contributed by atoms with Gasteiger partial charge in [0.15, 0.2) is 0 Å². The molecule has 0 aromatic carbocycles. The maximum absolute atomic E-state index is 12.1. The van der Waals surface area contributed by atoms with Crippen molar-refractivity contribution in [1.29, 1.82) is 0 Å². The van der Waals surface area contributed by atoms with Crippen molar-refractivity contribution in [2.75, 3.05) is 0 Å². The number of ketones is 1. The Morgan fingerprint density at radius 2 is 1.92 bits per heavy atom. The van der Waals surface area contributed by atoms with Crippen LogP contribution < -0.4 is 0 Å². The zero-order chi connectivity index (χ0) is 19.5. The summed E-state index contributed by atoms with van der Waals surface area (Å²) in [6.07, 6.45) is 7.68. The van der Waals surface area contributed by atoms with Crippen LogP contribution in [0.25, 0.3) is 0 Å². The molecule has 0 heterocycles. The molecule has 0 spiro atoms. The normalized spacial score (nSPS) is 25.7. The van der Waals surface area contributed by atoms with Gasteiger partial charge in [0.05, 0.1) is 18.3 Å². The molecule has 4 N–H and O–H groups in total. The Hall–Kier alpha value is -1.24. The molecule has 0 amide bonds. The second-order valence-corrected chi connectivity index (χ2v) is 7.51. The lowest BCUT2D eigenvalue weighted by Gasteiger charge is -2.21. The predicted molar refractivity (Wildman–Crippen MR) is 98.6 cm³/mol. The number of rotatable bonds is 13. The van der Waals surface area contributed by atoms with Crippen LogP contribution in [0.2, 0.25) is 0 Å². The first-order chi connectivity index (χ1) is 12.3. The summed E-state index contributed by atoms with van der Waals surface area (Å²) in [5.41, 5.74) is 0. The summed E-state index contributed by atoms with van der Waals surface area (Å²) in [7, 11) is 0. The summed E-state index contributed by atoms with van der Waals surface area (Å²) in [5, 5.41) is 38.1. The van der Waals surface area contributed by atoms with Gasteiger partial charge < -0.3 is 20.4 Å². The van der Waals surface area contributed by atoms with E-state index in [1.54, 1.807) is 6.92 Å². The minimum Gasteiger partial charge on any atom is -0.481 e. The molecule has 1 aliphatic rings. The third-order valence-electron chi connectivity index (χ3n) is 5.15. The molecule has 0 radical (unpaired) electrons. The van der Waals surface area contributed by atoms with Crippen LogP contribution in [0.1, 0.15) is 71.1 Å². The molecule has 26 heavy (non-hydrogen) atoms. The number of aliphatic hydroxyl groups excluding tert-OH is 3. The third kappa shape index (κ3) is 8.92. The van der Waals surface area contributed by atoms with E-state index >= 15 is 0 Å². The molecular formula is C20H34O6. The molecular weight excluding hydrogens is 336 g/mol. The number of carboxylic acids is 1. The van der Waals surface area contributed by atoms with Crippen LogP contribution in [-0.2, 0) is 9.59 Å². The van der Waals surface area contributed by atoms with Crippen LogP contribution in [0.3, 0.4) is 0 Å². The average molecular weight is 370 g/mol. The zero-order valence-corrected chi connectivity index (χ0v) is 15.7. The molecule has 1 saturated carbocycles. The van der Waals surface area contributed by atoms with E-state index in [0.717, 1.165) is 6.42 Å². The number of Topliss-reactive ketones (excluding diaryl/α,β-unsaturated/α-hetero) is 1. The van der Waals surface area contributed by atoms with Crippen molar-refractivity contribution >= 4 is 11.8 Å². The highest BCUT2D eigenvalue weighted by Gasteiger charge is 2.40.